The minimum Gasteiger partial charge on any atom is -0.457 e. The van der Waals surface area contributed by atoms with Crippen molar-refractivity contribution in [1.82, 2.24) is 0 Å². The number of furan rings is 1. The summed E-state index contributed by atoms with van der Waals surface area (Å²) in [7, 11) is 0. The monoisotopic (exact) mass is 246 g/mol. The lowest BCUT2D eigenvalue weighted by Gasteiger charge is -1.98. The van der Waals surface area contributed by atoms with Gasteiger partial charge >= 0.3 is 0 Å². The molecule has 1 heterocycles. The maximum Gasteiger partial charge on any atom is 0.145 e. The van der Waals surface area contributed by atoms with Gasteiger partial charge in [0.2, 0.25) is 0 Å². The van der Waals surface area contributed by atoms with E-state index in [1.54, 1.807) is 13.0 Å². The SMILES string of the molecule is C/C(C=O)=C\c1ccc(-c2ccccc2Cl)o1. The van der Waals surface area contributed by atoms with Crippen LogP contribution in [0.3, 0.4) is 0 Å². The maximum absolute atomic E-state index is 10.5. The lowest BCUT2D eigenvalue weighted by molar-refractivity contribution is -0.104. The molecule has 0 fully saturated rings. The Kier molecular flexibility index (Phi) is 3.45. The molecule has 0 aliphatic heterocycles. The van der Waals surface area contributed by atoms with Gasteiger partial charge in [0.25, 0.3) is 0 Å². The van der Waals surface area contributed by atoms with Gasteiger partial charge in [0.15, 0.2) is 0 Å². The predicted molar refractivity (Wildman–Crippen MR) is 68.9 cm³/mol. The summed E-state index contributed by atoms with van der Waals surface area (Å²) < 4.78 is 5.60. The second-order valence-electron chi connectivity index (χ2n) is 3.69. The number of carbonyl (C=O) groups is 1. The molecule has 0 spiro atoms. The molecule has 0 bridgehead atoms. The quantitative estimate of drug-likeness (QED) is 0.600. The number of halogens is 1. The first-order chi connectivity index (χ1) is 8.20. The minimum absolute atomic E-state index is 0.616. The van der Waals surface area contributed by atoms with Crippen LogP contribution < -0.4 is 0 Å². The highest BCUT2D eigenvalue weighted by Crippen LogP contribution is 2.29. The fourth-order valence-corrected chi connectivity index (χ4v) is 1.72. The highest BCUT2D eigenvalue weighted by atomic mass is 35.5. The van der Waals surface area contributed by atoms with Crippen molar-refractivity contribution in [2.45, 2.75) is 6.92 Å². The first kappa shape index (κ1) is 11.7. The molecule has 86 valence electrons. The summed E-state index contributed by atoms with van der Waals surface area (Å²) in [6.07, 6.45) is 2.48. The van der Waals surface area contributed by atoms with E-state index in [4.69, 9.17) is 16.0 Å². The number of hydrogen-bond acceptors (Lipinski definition) is 2. The fourth-order valence-electron chi connectivity index (χ4n) is 1.49. The molecule has 0 amide bonds. The fraction of sp³-hybridized carbons (Fsp3) is 0.0714. The van der Waals surface area contributed by atoms with Crippen LogP contribution in [-0.2, 0) is 4.79 Å². The summed E-state index contributed by atoms with van der Waals surface area (Å²) in [6.45, 7) is 1.73. The Bertz CT molecular complexity index is 567. The van der Waals surface area contributed by atoms with Gasteiger partial charge in [-0.3, -0.25) is 4.79 Å². The van der Waals surface area contributed by atoms with Crippen molar-refractivity contribution in [2.24, 2.45) is 0 Å². The summed E-state index contributed by atoms with van der Waals surface area (Å²) in [5.41, 5.74) is 1.46. The largest absolute Gasteiger partial charge is 0.457 e. The third kappa shape index (κ3) is 2.66. The van der Waals surface area contributed by atoms with Crippen LogP contribution in [0.4, 0.5) is 0 Å². The van der Waals surface area contributed by atoms with Crippen LogP contribution in [0.25, 0.3) is 17.4 Å². The summed E-state index contributed by atoms with van der Waals surface area (Å²) in [4.78, 5) is 10.5. The third-order valence-electron chi connectivity index (χ3n) is 2.32. The van der Waals surface area contributed by atoms with Crippen LogP contribution in [-0.4, -0.2) is 6.29 Å². The van der Waals surface area contributed by atoms with E-state index >= 15 is 0 Å². The highest BCUT2D eigenvalue weighted by Gasteiger charge is 2.06. The van der Waals surface area contributed by atoms with Crippen LogP contribution in [0.2, 0.25) is 5.02 Å². The second kappa shape index (κ2) is 5.02. The predicted octanol–water partition coefficient (Wildman–Crippen LogP) is 4.20. The molecule has 1 aromatic heterocycles. The van der Waals surface area contributed by atoms with Gasteiger partial charge in [-0.1, -0.05) is 23.7 Å². The Labute approximate surface area is 105 Å². The molecular formula is C14H11ClO2. The number of hydrogen-bond donors (Lipinski definition) is 0. The van der Waals surface area contributed by atoms with Crippen molar-refractivity contribution in [2.75, 3.05) is 0 Å². The van der Waals surface area contributed by atoms with Crippen LogP contribution in [0.1, 0.15) is 12.7 Å². The summed E-state index contributed by atoms with van der Waals surface area (Å²) in [5, 5.41) is 0.643. The molecule has 0 N–H and O–H groups in total. The van der Waals surface area contributed by atoms with Crippen molar-refractivity contribution in [3.63, 3.8) is 0 Å². The van der Waals surface area contributed by atoms with Gasteiger partial charge in [-0.05, 0) is 42.8 Å². The molecular weight excluding hydrogens is 236 g/mol. The van der Waals surface area contributed by atoms with E-state index in [2.05, 4.69) is 0 Å². The van der Waals surface area contributed by atoms with Crippen molar-refractivity contribution in [3.8, 4) is 11.3 Å². The van der Waals surface area contributed by atoms with Crippen LogP contribution in [0.5, 0.6) is 0 Å². The van der Waals surface area contributed by atoms with E-state index < -0.39 is 0 Å². The number of benzene rings is 1. The van der Waals surface area contributed by atoms with Gasteiger partial charge in [0.1, 0.15) is 17.8 Å². The van der Waals surface area contributed by atoms with Gasteiger partial charge in [-0.15, -0.1) is 0 Å². The van der Waals surface area contributed by atoms with E-state index in [1.807, 2.05) is 36.4 Å². The summed E-state index contributed by atoms with van der Waals surface area (Å²) >= 11 is 6.07. The zero-order chi connectivity index (χ0) is 12.3. The maximum atomic E-state index is 10.5. The molecule has 0 aliphatic rings. The number of carbonyl (C=O) groups excluding carboxylic acids is 1. The lowest BCUT2D eigenvalue weighted by Crippen LogP contribution is -1.76. The van der Waals surface area contributed by atoms with Crippen LogP contribution >= 0.6 is 11.6 Å². The van der Waals surface area contributed by atoms with E-state index in [0.717, 1.165) is 11.8 Å². The highest BCUT2D eigenvalue weighted by molar-refractivity contribution is 6.33. The first-order valence-electron chi connectivity index (χ1n) is 5.19. The molecule has 17 heavy (non-hydrogen) atoms. The van der Waals surface area contributed by atoms with E-state index in [0.29, 0.717) is 22.1 Å². The smallest absolute Gasteiger partial charge is 0.145 e. The standard InChI is InChI=1S/C14H11ClO2/c1-10(9-16)8-11-6-7-14(17-11)12-4-2-3-5-13(12)15/h2-9H,1H3/b10-8+. The Hall–Kier alpha value is -1.80. The lowest BCUT2D eigenvalue weighted by atomic mass is 10.2. The molecule has 2 rings (SSSR count). The topological polar surface area (TPSA) is 30.2 Å². The average molecular weight is 247 g/mol. The van der Waals surface area contributed by atoms with Gasteiger partial charge in [-0.25, -0.2) is 0 Å². The zero-order valence-corrected chi connectivity index (χ0v) is 10.1. The number of rotatable bonds is 3. The van der Waals surface area contributed by atoms with Crippen molar-refractivity contribution < 1.29 is 9.21 Å². The van der Waals surface area contributed by atoms with E-state index in [9.17, 15) is 4.79 Å². The van der Waals surface area contributed by atoms with E-state index in [-0.39, 0.29) is 0 Å². The van der Waals surface area contributed by atoms with Gasteiger partial charge < -0.3 is 4.42 Å². The minimum atomic E-state index is 0.616. The molecule has 0 saturated carbocycles. The van der Waals surface area contributed by atoms with Crippen molar-refractivity contribution >= 4 is 24.0 Å². The Balaban J connectivity index is 2.37. The Morgan fingerprint density at radius 1 is 1.24 bits per heavy atom. The molecule has 0 unspecified atom stereocenters. The van der Waals surface area contributed by atoms with Crippen LogP contribution in [0, 0.1) is 0 Å². The normalized spacial score (nSPS) is 11.5. The molecule has 0 atom stereocenters. The molecule has 0 saturated heterocycles. The number of allylic oxidation sites excluding steroid dienone is 1. The molecule has 2 nitrogen and oxygen atoms in total. The van der Waals surface area contributed by atoms with Crippen LogP contribution in [0.15, 0.2) is 46.4 Å². The van der Waals surface area contributed by atoms with E-state index in [1.165, 1.54) is 0 Å². The van der Waals surface area contributed by atoms with Gasteiger partial charge in [0.05, 0.1) is 5.02 Å². The molecule has 3 heteroatoms. The first-order valence-corrected chi connectivity index (χ1v) is 5.56. The van der Waals surface area contributed by atoms with Gasteiger partial charge in [-0.2, -0.15) is 0 Å². The Morgan fingerprint density at radius 2 is 2.00 bits per heavy atom. The molecule has 1 aromatic carbocycles. The summed E-state index contributed by atoms with van der Waals surface area (Å²) in [6, 6.07) is 11.1. The average Bonchev–Trinajstić information content (AvgIpc) is 2.78. The van der Waals surface area contributed by atoms with Crippen molar-refractivity contribution in [1.29, 1.82) is 0 Å². The number of aldehydes is 1. The Morgan fingerprint density at radius 3 is 2.71 bits per heavy atom. The third-order valence-corrected chi connectivity index (χ3v) is 2.65. The van der Waals surface area contributed by atoms with Crippen molar-refractivity contribution in [3.05, 3.63) is 52.8 Å². The zero-order valence-electron chi connectivity index (χ0n) is 9.31. The molecule has 0 aliphatic carbocycles. The van der Waals surface area contributed by atoms with Gasteiger partial charge in [0, 0.05) is 5.56 Å². The molecule has 0 radical (unpaired) electrons. The second-order valence-corrected chi connectivity index (χ2v) is 4.10. The molecule has 2 aromatic rings. The summed E-state index contributed by atoms with van der Waals surface area (Å²) in [5.74, 6) is 1.34.